The van der Waals surface area contributed by atoms with Gasteiger partial charge in [-0.25, -0.2) is 0 Å². The van der Waals surface area contributed by atoms with Gasteiger partial charge in [0.05, 0.1) is 6.61 Å². The van der Waals surface area contributed by atoms with Crippen LogP contribution in [0.25, 0.3) is 0 Å². The maximum Gasteiger partial charge on any atom is 0.0591 e. The Morgan fingerprint density at radius 2 is 1.93 bits per heavy atom. The van der Waals surface area contributed by atoms with Gasteiger partial charge in [-0.3, -0.25) is 0 Å². The summed E-state index contributed by atoms with van der Waals surface area (Å²) in [6.45, 7) is 9.53. The van der Waals surface area contributed by atoms with Gasteiger partial charge in [-0.15, -0.1) is 0 Å². The molecular formula is C12H25NO. The van der Waals surface area contributed by atoms with E-state index in [1.807, 2.05) is 0 Å². The molecule has 0 aromatic carbocycles. The summed E-state index contributed by atoms with van der Waals surface area (Å²) in [6.07, 6.45) is 4.15. The summed E-state index contributed by atoms with van der Waals surface area (Å²) in [7, 11) is 0. The Hall–Kier alpha value is -0.0800. The van der Waals surface area contributed by atoms with Crippen LogP contribution >= 0.6 is 0 Å². The summed E-state index contributed by atoms with van der Waals surface area (Å²) >= 11 is 0. The van der Waals surface area contributed by atoms with Gasteiger partial charge in [-0.1, -0.05) is 26.7 Å². The van der Waals surface area contributed by atoms with Crippen LogP contribution in [-0.2, 0) is 4.74 Å². The van der Waals surface area contributed by atoms with Crippen molar-refractivity contribution < 1.29 is 4.74 Å². The lowest BCUT2D eigenvalue weighted by atomic mass is 10.1. The maximum absolute atomic E-state index is 5.55. The van der Waals surface area contributed by atoms with Crippen LogP contribution in [0.4, 0.5) is 0 Å². The topological polar surface area (TPSA) is 21.3 Å². The molecule has 1 aliphatic rings. The molecule has 1 atom stereocenters. The summed E-state index contributed by atoms with van der Waals surface area (Å²) in [5.74, 6) is 1.71. The summed E-state index contributed by atoms with van der Waals surface area (Å²) in [4.78, 5) is 0. The quantitative estimate of drug-likeness (QED) is 0.606. The van der Waals surface area contributed by atoms with Crippen LogP contribution in [0.2, 0.25) is 0 Å². The van der Waals surface area contributed by atoms with Crippen LogP contribution in [0.3, 0.4) is 0 Å². The van der Waals surface area contributed by atoms with Crippen LogP contribution in [0.5, 0.6) is 0 Å². The average molecular weight is 199 g/mol. The molecule has 0 radical (unpaired) electrons. The van der Waals surface area contributed by atoms with Crippen molar-refractivity contribution in [1.29, 1.82) is 0 Å². The summed E-state index contributed by atoms with van der Waals surface area (Å²) in [6, 6.07) is 0.599. The van der Waals surface area contributed by atoms with Gasteiger partial charge >= 0.3 is 0 Å². The van der Waals surface area contributed by atoms with E-state index in [0.29, 0.717) is 12.0 Å². The lowest BCUT2D eigenvalue weighted by molar-refractivity contribution is 0.127. The molecule has 2 heteroatoms. The molecule has 1 N–H and O–H groups in total. The minimum atomic E-state index is 0.599. The van der Waals surface area contributed by atoms with Gasteiger partial charge in [0.15, 0.2) is 0 Å². The summed E-state index contributed by atoms with van der Waals surface area (Å²) < 4.78 is 5.55. The molecule has 2 nitrogen and oxygen atoms in total. The molecule has 84 valence electrons. The van der Waals surface area contributed by atoms with Crippen molar-refractivity contribution in [1.82, 2.24) is 5.32 Å². The fourth-order valence-electron chi connectivity index (χ4n) is 1.35. The fourth-order valence-corrected chi connectivity index (χ4v) is 1.35. The van der Waals surface area contributed by atoms with E-state index < -0.39 is 0 Å². The van der Waals surface area contributed by atoms with Crippen molar-refractivity contribution in [3.63, 3.8) is 0 Å². The number of hydrogen-bond donors (Lipinski definition) is 1. The number of rotatable bonds is 8. The van der Waals surface area contributed by atoms with E-state index in [0.717, 1.165) is 25.7 Å². The highest BCUT2D eigenvalue weighted by atomic mass is 16.5. The zero-order valence-corrected chi connectivity index (χ0v) is 9.88. The standard InChI is InChI=1S/C12H25NO/c1-10(2)11(3)13-7-9-14-8-6-12-4-5-12/h10-13H,4-9H2,1-3H3. The van der Waals surface area contributed by atoms with Gasteiger partial charge in [-0.2, -0.15) is 0 Å². The molecule has 1 unspecified atom stereocenters. The third-order valence-corrected chi connectivity index (χ3v) is 3.08. The van der Waals surface area contributed by atoms with E-state index in [1.165, 1.54) is 19.3 Å². The molecule has 1 aliphatic carbocycles. The number of hydrogen-bond acceptors (Lipinski definition) is 2. The Morgan fingerprint density at radius 3 is 2.50 bits per heavy atom. The predicted octanol–water partition coefficient (Wildman–Crippen LogP) is 2.44. The first kappa shape index (κ1) is 12.0. The Bertz CT molecular complexity index is 143. The average Bonchev–Trinajstić information content (AvgIpc) is 2.94. The van der Waals surface area contributed by atoms with Crippen molar-refractivity contribution in [2.24, 2.45) is 11.8 Å². The molecule has 0 aliphatic heterocycles. The molecular weight excluding hydrogens is 174 g/mol. The number of ether oxygens (including phenoxy) is 1. The van der Waals surface area contributed by atoms with E-state index in [4.69, 9.17) is 4.74 Å². The second-order valence-electron chi connectivity index (χ2n) is 4.83. The van der Waals surface area contributed by atoms with E-state index in [1.54, 1.807) is 0 Å². The third-order valence-electron chi connectivity index (χ3n) is 3.08. The Morgan fingerprint density at radius 1 is 1.21 bits per heavy atom. The zero-order chi connectivity index (χ0) is 10.4. The lowest BCUT2D eigenvalue weighted by Crippen LogP contribution is -2.33. The van der Waals surface area contributed by atoms with E-state index in [-0.39, 0.29) is 0 Å². The molecule has 0 heterocycles. The highest BCUT2D eigenvalue weighted by molar-refractivity contribution is 4.72. The second kappa shape index (κ2) is 6.41. The Kier molecular flexibility index (Phi) is 5.49. The first-order chi connectivity index (χ1) is 6.70. The normalized spacial score (nSPS) is 18.9. The minimum absolute atomic E-state index is 0.599. The maximum atomic E-state index is 5.55. The molecule has 0 amide bonds. The molecule has 0 saturated heterocycles. The van der Waals surface area contributed by atoms with Crippen LogP contribution < -0.4 is 5.32 Å². The second-order valence-corrected chi connectivity index (χ2v) is 4.83. The van der Waals surface area contributed by atoms with E-state index in [2.05, 4.69) is 26.1 Å². The predicted molar refractivity (Wildman–Crippen MR) is 60.5 cm³/mol. The molecule has 0 spiro atoms. The van der Waals surface area contributed by atoms with E-state index >= 15 is 0 Å². The van der Waals surface area contributed by atoms with Crippen molar-refractivity contribution in [2.75, 3.05) is 19.8 Å². The largest absolute Gasteiger partial charge is 0.380 e. The van der Waals surface area contributed by atoms with Crippen molar-refractivity contribution in [3.05, 3.63) is 0 Å². The van der Waals surface area contributed by atoms with Gasteiger partial charge in [0.25, 0.3) is 0 Å². The number of nitrogens with one attached hydrogen (secondary N) is 1. The van der Waals surface area contributed by atoms with Gasteiger partial charge < -0.3 is 10.1 Å². The zero-order valence-electron chi connectivity index (χ0n) is 9.88. The molecule has 0 aromatic heterocycles. The first-order valence-corrected chi connectivity index (χ1v) is 6.01. The van der Waals surface area contributed by atoms with Gasteiger partial charge in [0, 0.05) is 19.2 Å². The SMILES string of the molecule is CC(C)C(C)NCCOCCC1CC1. The van der Waals surface area contributed by atoms with Gasteiger partial charge in [-0.05, 0) is 25.2 Å². The first-order valence-electron chi connectivity index (χ1n) is 6.01. The molecule has 1 rings (SSSR count). The highest BCUT2D eigenvalue weighted by Crippen LogP contribution is 2.31. The van der Waals surface area contributed by atoms with Crippen LogP contribution in [-0.4, -0.2) is 25.8 Å². The Labute approximate surface area is 88.4 Å². The van der Waals surface area contributed by atoms with Crippen LogP contribution in [0.1, 0.15) is 40.0 Å². The molecule has 1 saturated carbocycles. The molecule has 0 aromatic rings. The highest BCUT2D eigenvalue weighted by Gasteiger charge is 2.20. The smallest absolute Gasteiger partial charge is 0.0591 e. The lowest BCUT2D eigenvalue weighted by Gasteiger charge is -2.17. The van der Waals surface area contributed by atoms with Gasteiger partial charge in [0.1, 0.15) is 0 Å². The van der Waals surface area contributed by atoms with Crippen molar-refractivity contribution in [3.8, 4) is 0 Å². The van der Waals surface area contributed by atoms with Crippen molar-refractivity contribution >= 4 is 0 Å². The van der Waals surface area contributed by atoms with Crippen LogP contribution in [0.15, 0.2) is 0 Å². The minimum Gasteiger partial charge on any atom is -0.380 e. The van der Waals surface area contributed by atoms with E-state index in [9.17, 15) is 0 Å². The molecule has 14 heavy (non-hydrogen) atoms. The third kappa shape index (κ3) is 5.61. The molecule has 1 fully saturated rings. The fraction of sp³-hybridized carbons (Fsp3) is 1.00. The summed E-state index contributed by atoms with van der Waals surface area (Å²) in [5, 5.41) is 3.46. The monoisotopic (exact) mass is 199 g/mol. The Balaban J connectivity index is 1.78. The summed E-state index contributed by atoms with van der Waals surface area (Å²) in [5.41, 5.74) is 0. The molecule has 0 bridgehead atoms. The van der Waals surface area contributed by atoms with Gasteiger partial charge in [0.2, 0.25) is 0 Å². The van der Waals surface area contributed by atoms with Crippen LogP contribution in [0, 0.1) is 11.8 Å². The van der Waals surface area contributed by atoms with Crippen molar-refractivity contribution in [2.45, 2.75) is 46.1 Å².